The number of nitrogens with one attached hydrogen (secondary N) is 1. The van der Waals surface area contributed by atoms with Crippen molar-refractivity contribution < 1.29 is 27.8 Å². The summed E-state index contributed by atoms with van der Waals surface area (Å²) in [5, 5.41) is 12.4. The predicted molar refractivity (Wildman–Crippen MR) is 132 cm³/mol. The first-order valence-corrected chi connectivity index (χ1v) is 11.6. The van der Waals surface area contributed by atoms with Crippen molar-refractivity contribution in [2.24, 2.45) is 5.92 Å². The number of aromatic nitrogens is 1. The van der Waals surface area contributed by atoms with Crippen LogP contribution in [0, 0.1) is 12.8 Å². The quantitative estimate of drug-likeness (QED) is 0.482. The minimum atomic E-state index is -4.63. The molecular formula is C27H28F3N3O3. The second-order valence-electron chi connectivity index (χ2n) is 8.95. The van der Waals surface area contributed by atoms with E-state index >= 15 is 0 Å². The van der Waals surface area contributed by atoms with Gasteiger partial charge in [-0.2, -0.15) is 13.2 Å². The fourth-order valence-corrected chi connectivity index (χ4v) is 4.46. The SMILES string of the molecule is COCCN1CC(CO)Cc2ccc(-c3cc(NC(=O)c4ccnc(C(F)(F)F)c4)ccc3C)cc21. The van der Waals surface area contributed by atoms with E-state index in [1.807, 2.05) is 25.1 Å². The van der Waals surface area contributed by atoms with Crippen LogP contribution in [0.5, 0.6) is 0 Å². The van der Waals surface area contributed by atoms with Gasteiger partial charge in [0.15, 0.2) is 0 Å². The molecule has 190 valence electrons. The Bertz CT molecular complexity index is 1250. The number of alkyl halides is 3. The lowest BCUT2D eigenvalue weighted by Gasteiger charge is -2.36. The summed E-state index contributed by atoms with van der Waals surface area (Å²) in [6.07, 6.45) is -2.87. The molecule has 1 atom stereocenters. The lowest BCUT2D eigenvalue weighted by molar-refractivity contribution is -0.141. The Hall–Kier alpha value is -3.43. The molecule has 6 nitrogen and oxygen atoms in total. The van der Waals surface area contributed by atoms with Crippen LogP contribution in [-0.4, -0.2) is 49.4 Å². The number of carbonyl (C=O) groups excluding carboxylic acids is 1. The van der Waals surface area contributed by atoms with E-state index in [4.69, 9.17) is 4.74 Å². The van der Waals surface area contributed by atoms with Crippen LogP contribution >= 0.6 is 0 Å². The summed E-state index contributed by atoms with van der Waals surface area (Å²) in [5.41, 5.74) is 4.31. The standard InChI is InChI=1S/C27H28F3N3O3/c1-17-3-6-22(32-26(35)21-7-8-31-25(13-21)27(28,29)30)14-23(17)19-4-5-20-11-18(16-34)15-33(9-10-36-2)24(20)12-19/h3-8,12-14,18,34H,9-11,15-16H2,1-2H3,(H,32,35). The molecular weight excluding hydrogens is 471 g/mol. The van der Waals surface area contributed by atoms with Gasteiger partial charge in [-0.1, -0.05) is 18.2 Å². The topological polar surface area (TPSA) is 74.7 Å². The van der Waals surface area contributed by atoms with Crippen LogP contribution in [0.15, 0.2) is 54.7 Å². The highest BCUT2D eigenvalue weighted by Gasteiger charge is 2.33. The van der Waals surface area contributed by atoms with Crippen molar-refractivity contribution in [3.63, 3.8) is 0 Å². The number of nitrogens with zero attached hydrogens (tertiary/aromatic N) is 2. The van der Waals surface area contributed by atoms with Crippen molar-refractivity contribution in [1.82, 2.24) is 4.98 Å². The first-order chi connectivity index (χ1) is 17.2. The largest absolute Gasteiger partial charge is 0.433 e. The molecule has 0 bridgehead atoms. The van der Waals surface area contributed by atoms with Gasteiger partial charge in [-0.15, -0.1) is 0 Å². The number of pyridine rings is 1. The third-order valence-corrected chi connectivity index (χ3v) is 6.36. The molecule has 1 aromatic heterocycles. The van der Waals surface area contributed by atoms with E-state index in [1.165, 1.54) is 6.07 Å². The first-order valence-electron chi connectivity index (χ1n) is 11.6. The van der Waals surface area contributed by atoms with Crippen molar-refractivity contribution in [3.05, 3.63) is 77.1 Å². The molecule has 36 heavy (non-hydrogen) atoms. The van der Waals surface area contributed by atoms with E-state index < -0.39 is 17.8 Å². The van der Waals surface area contributed by atoms with Gasteiger partial charge in [0.1, 0.15) is 5.69 Å². The van der Waals surface area contributed by atoms with Gasteiger partial charge >= 0.3 is 6.18 Å². The monoisotopic (exact) mass is 499 g/mol. The summed E-state index contributed by atoms with van der Waals surface area (Å²) < 4.78 is 44.2. The molecule has 1 unspecified atom stereocenters. The number of ether oxygens (including phenoxy) is 1. The zero-order valence-corrected chi connectivity index (χ0v) is 20.1. The minimum absolute atomic E-state index is 0.119. The molecule has 0 saturated carbocycles. The fraction of sp³-hybridized carbons (Fsp3) is 0.333. The van der Waals surface area contributed by atoms with Gasteiger partial charge in [-0.05, 0) is 65.9 Å². The average Bonchev–Trinajstić information content (AvgIpc) is 2.87. The number of fused-ring (bicyclic) bond motifs is 1. The number of hydrogen-bond acceptors (Lipinski definition) is 5. The van der Waals surface area contributed by atoms with Crippen LogP contribution in [0.2, 0.25) is 0 Å². The molecule has 2 aromatic carbocycles. The fourth-order valence-electron chi connectivity index (χ4n) is 4.46. The van der Waals surface area contributed by atoms with E-state index in [0.717, 1.165) is 53.2 Å². The molecule has 0 spiro atoms. The predicted octanol–water partition coefficient (Wildman–Crippen LogP) is 4.95. The lowest BCUT2D eigenvalue weighted by atomic mass is 9.90. The Morgan fingerprint density at radius 2 is 2.00 bits per heavy atom. The van der Waals surface area contributed by atoms with Gasteiger partial charge in [0.2, 0.25) is 0 Å². The summed E-state index contributed by atoms with van der Waals surface area (Å²) >= 11 is 0. The first kappa shape index (κ1) is 25.7. The highest BCUT2D eigenvalue weighted by atomic mass is 19.4. The molecule has 1 aliphatic rings. The van der Waals surface area contributed by atoms with Crippen LogP contribution in [0.1, 0.15) is 27.2 Å². The van der Waals surface area contributed by atoms with Crippen molar-refractivity contribution >= 4 is 17.3 Å². The number of rotatable bonds is 7. The zero-order chi connectivity index (χ0) is 25.9. The number of carbonyl (C=O) groups is 1. The van der Waals surface area contributed by atoms with Crippen molar-refractivity contribution in [3.8, 4) is 11.1 Å². The Morgan fingerprint density at radius 3 is 2.72 bits per heavy atom. The van der Waals surface area contributed by atoms with E-state index in [9.17, 15) is 23.1 Å². The summed E-state index contributed by atoms with van der Waals surface area (Å²) in [6.45, 7) is 4.08. The van der Waals surface area contributed by atoms with E-state index in [1.54, 1.807) is 13.2 Å². The Labute approximate surface area is 207 Å². The van der Waals surface area contributed by atoms with Crippen molar-refractivity contribution in [2.45, 2.75) is 19.5 Å². The summed E-state index contributed by atoms with van der Waals surface area (Å²) in [6, 6.07) is 13.6. The summed E-state index contributed by atoms with van der Waals surface area (Å²) in [7, 11) is 1.66. The van der Waals surface area contributed by atoms with Gasteiger partial charge in [0.25, 0.3) is 5.91 Å². The highest BCUT2D eigenvalue weighted by Crippen LogP contribution is 2.36. The molecule has 2 heterocycles. The molecule has 4 rings (SSSR count). The van der Waals surface area contributed by atoms with E-state index in [-0.39, 0.29) is 18.1 Å². The number of aliphatic hydroxyl groups excluding tert-OH is 1. The highest BCUT2D eigenvalue weighted by molar-refractivity contribution is 6.04. The third kappa shape index (κ3) is 5.68. The molecule has 0 fully saturated rings. The molecule has 0 saturated heterocycles. The maximum atomic E-state index is 13.0. The van der Waals surface area contributed by atoms with Gasteiger partial charge in [0.05, 0.1) is 6.61 Å². The second kappa shape index (κ2) is 10.7. The van der Waals surface area contributed by atoms with Gasteiger partial charge in [-0.25, -0.2) is 0 Å². The third-order valence-electron chi connectivity index (χ3n) is 6.36. The Morgan fingerprint density at radius 1 is 1.19 bits per heavy atom. The molecule has 1 amide bonds. The number of anilines is 2. The molecule has 3 aromatic rings. The molecule has 2 N–H and O–H groups in total. The van der Waals surface area contributed by atoms with E-state index in [0.29, 0.717) is 18.8 Å². The van der Waals surface area contributed by atoms with E-state index in [2.05, 4.69) is 27.3 Å². The van der Waals surface area contributed by atoms with Crippen LogP contribution < -0.4 is 10.2 Å². The number of amides is 1. The number of methoxy groups -OCH3 is 1. The summed E-state index contributed by atoms with van der Waals surface area (Å²) in [5.74, 6) is -0.490. The van der Waals surface area contributed by atoms with Crippen LogP contribution in [0.25, 0.3) is 11.1 Å². The second-order valence-corrected chi connectivity index (χ2v) is 8.95. The maximum absolute atomic E-state index is 13.0. The van der Waals surface area contributed by atoms with Gasteiger partial charge in [0, 0.05) is 55.9 Å². The Kier molecular flexibility index (Phi) is 7.61. The van der Waals surface area contributed by atoms with Crippen molar-refractivity contribution in [2.75, 3.05) is 43.6 Å². The summed E-state index contributed by atoms with van der Waals surface area (Å²) in [4.78, 5) is 18.2. The van der Waals surface area contributed by atoms with Crippen LogP contribution in [0.3, 0.4) is 0 Å². The minimum Gasteiger partial charge on any atom is -0.396 e. The Balaban J connectivity index is 1.61. The lowest BCUT2D eigenvalue weighted by Crippen LogP contribution is -2.38. The molecule has 0 radical (unpaired) electrons. The van der Waals surface area contributed by atoms with Gasteiger partial charge < -0.3 is 20.1 Å². The normalized spacial score (nSPS) is 15.5. The van der Waals surface area contributed by atoms with Crippen LogP contribution in [-0.2, 0) is 17.3 Å². The smallest absolute Gasteiger partial charge is 0.396 e. The number of hydrogen-bond donors (Lipinski definition) is 2. The number of aliphatic hydroxyl groups is 1. The molecule has 0 aliphatic carbocycles. The molecule has 1 aliphatic heterocycles. The number of halogens is 3. The number of benzene rings is 2. The zero-order valence-electron chi connectivity index (χ0n) is 20.1. The van der Waals surface area contributed by atoms with Crippen LogP contribution in [0.4, 0.5) is 24.5 Å². The maximum Gasteiger partial charge on any atom is 0.433 e. The van der Waals surface area contributed by atoms with Crippen molar-refractivity contribution in [1.29, 1.82) is 0 Å². The van der Waals surface area contributed by atoms with Gasteiger partial charge in [-0.3, -0.25) is 9.78 Å². The average molecular weight is 500 g/mol. The number of aryl methyl sites for hydroxylation is 1. The molecule has 9 heteroatoms.